The molecule has 1 aromatic carbocycles. The lowest BCUT2D eigenvalue weighted by molar-refractivity contribution is 0.532. The fourth-order valence-corrected chi connectivity index (χ4v) is 3.02. The number of sulfone groups is 1. The molecule has 0 radical (unpaired) electrons. The third kappa shape index (κ3) is 2.28. The number of halogens is 2. The van der Waals surface area contributed by atoms with Crippen LogP contribution in [0.15, 0.2) is 27.6 Å². The van der Waals surface area contributed by atoms with Crippen molar-refractivity contribution in [2.75, 3.05) is 6.54 Å². The Morgan fingerprint density at radius 2 is 2.00 bits per heavy atom. The molecule has 0 spiro atoms. The van der Waals surface area contributed by atoms with Crippen molar-refractivity contribution in [3.63, 3.8) is 0 Å². The van der Waals surface area contributed by atoms with E-state index in [0.717, 1.165) is 6.07 Å². The molecule has 0 aromatic heterocycles. The maximum Gasteiger partial charge on any atom is 0.187 e. The Kier molecular flexibility index (Phi) is 3.76. The SMILES string of the molecule is CC(C)(CN)S(=O)(=O)c1cc(Br)ccc1F. The molecule has 0 saturated carbocycles. The minimum Gasteiger partial charge on any atom is -0.329 e. The van der Waals surface area contributed by atoms with Gasteiger partial charge in [-0.3, -0.25) is 0 Å². The summed E-state index contributed by atoms with van der Waals surface area (Å²) >= 11 is 3.12. The van der Waals surface area contributed by atoms with Crippen LogP contribution in [0.2, 0.25) is 0 Å². The summed E-state index contributed by atoms with van der Waals surface area (Å²) in [6.07, 6.45) is 0. The largest absolute Gasteiger partial charge is 0.329 e. The summed E-state index contributed by atoms with van der Waals surface area (Å²) in [6, 6.07) is 3.81. The van der Waals surface area contributed by atoms with E-state index in [1.807, 2.05) is 0 Å². The van der Waals surface area contributed by atoms with Crippen LogP contribution in [0.1, 0.15) is 13.8 Å². The Morgan fingerprint density at radius 3 is 2.50 bits per heavy atom. The van der Waals surface area contributed by atoms with Gasteiger partial charge in [0, 0.05) is 11.0 Å². The van der Waals surface area contributed by atoms with Crippen molar-refractivity contribution in [3.05, 3.63) is 28.5 Å². The Labute approximate surface area is 103 Å². The molecule has 0 aliphatic carbocycles. The van der Waals surface area contributed by atoms with Crippen LogP contribution in [-0.2, 0) is 9.84 Å². The topological polar surface area (TPSA) is 60.2 Å². The van der Waals surface area contributed by atoms with Crippen molar-refractivity contribution in [1.29, 1.82) is 0 Å². The number of hydrogen-bond acceptors (Lipinski definition) is 3. The van der Waals surface area contributed by atoms with E-state index in [4.69, 9.17) is 5.73 Å². The van der Waals surface area contributed by atoms with Crippen molar-refractivity contribution in [1.82, 2.24) is 0 Å². The molecule has 1 aromatic rings. The van der Waals surface area contributed by atoms with Crippen LogP contribution in [-0.4, -0.2) is 19.7 Å². The predicted molar refractivity (Wildman–Crippen MR) is 64.4 cm³/mol. The fourth-order valence-electron chi connectivity index (χ4n) is 1.09. The summed E-state index contributed by atoms with van der Waals surface area (Å²) in [5, 5.41) is 0. The van der Waals surface area contributed by atoms with E-state index in [9.17, 15) is 12.8 Å². The number of nitrogens with two attached hydrogens (primary N) is 1. The molecular formula is C10H13BrFNO2S. The van der Waals surface area contributed by atoms with Crippen molar-refractivity contribution >= 4 is 25.8 Å². The van der Waals surface area contributed by atoms with Crippen molar-refractivity contribution in [2.24, 2.45) is 5.73 Å². The Morgan fingerprint density at radius 1 is 1.44 bits per heavy atom. The fraction of sp³-hybridized carbons (Fsp3) is 0.400. The van der Waals surface area contributed by atoms with Crippen LogP contribution in [0.5, 0.6) is 0 Å². The molecule has 0 heterocycles. The molecule has 0 aliphatic heterocycles. The number of hydrogen-bond donors (Lipinski definition) is 1. The first kappa shape index (κ1) is 13.6. The molecule has 1 rings (SSSR count). The van der Waals surface area contributed by atoms with Crippen molar-refractivity contribution < 1.29 is 12.8 Å². The zero-order chi connectivity index (χ0) is 12.6. The van der Waals surface area contributed by atoms with Crippen LogP contribution >= 0.6 is 15.9 Å². The molecule has 0 aliphatic rings. The average molecular weight is 310 g/mol. The van der Waals surface area contributed by atoms with Gasteiger partial charge in [-0.2, -0.15) is 0 Å². The van der Waals surface area contributed by atoms with Crippen LogP contribution in [0, 0.1) is 5.82 Å². The highest BCUT2D eigenvalue weighted by Gasteiger charge is 2.36. The first-order valence-corrected chi connectivity index (χ1v) is 6.90. The molecule has 16 heavy (non-hydrogen) atoms. The van der Waals surface area contributed by atoms with Crippen LogP contribution in [0.25, 0.3) is 0 Å². The summed E-state index contributed by atoms with van der Waals surface area (Å²) < 4.78 is 37.1. The lowest BCUT2D eigenvalue weighted by Gasteiger charge is -2.23. The van der Waals surface area contributed by atoms with E-state index in [0.29, 0.717) is 4.47 Å². The van der Waals surface area contributed by atoms with E-state index in [1.54, 1.807) is 0 Å². The third-order valence-electron chi connectivity index (χ3n) is 2.40. The molecular weight excluding hydrogens is 297 g/mol. The van der Waals surface area contributed by atoms with Gasteiger partial charge in [-0.1, -0.05) is 15.9 Å². The van der Waals surface area contributed by atoms with Crippen LogP contribution < -0.4 is 5.73 Å². The van der Waals surface area contributed by atoms with Gasteiger partial charge in [0.15, 0.2) is 9.84 Å². The second-order valence-corrected chi connectivity index (χ2v) is 7.51. The van der Waals surface area contributed by atoms with Gasteiger partial charge in [0.25, 0.3) is 0 Å². The Hall–Kier alpha value is -0.460. The maximum absolute atomic E-state index is 13.5. The number of rotatable bonds is 3. The van der Waals surface area contributed by atoms with Crippen molar-refractivity contribution in [3.8, 4) is 0 Å². The molecule has 0 fully saturated rings. The zero-order valence-corrected chi connectivity index (χ0v) is 11.4. The second kappa shape index (κ2) is 4.43. The summed E-state index contributed by atoms with van der Waals surface area (Å²) in [5.74, 6) is -0.760. The van der Waals surface area contributed by atoms with Gasteiger partial charge in [0.1, 0.15) is 10.7 Å². The standard InChI is InChI=1S/C10H13BrFNO2S/c1-10(2,6-13)16(14,15)9-5-7(11)3-4-8(9)12/h3-5H,6,13H2,1-2H3. The molecule has 2 N–H and O–H groups in total. The Bertz CT molecular complexity index is 500. The van der Waals surface area contributed by atoms with E-state index in [1.165, 1.54) is 26.0 Å². The van der Waals surface area contributed by atoms with Gasteiger partial charge < -0.3 is 5.73 Å². The normalized spacial score (nSPS) is 12.8. The van der Waals surface area contributed by atoms with Gasteiger partial charge in [-0.25, -0.2) is 12.8 Å². The van der Waals surface area contributed by atoms with E-state index in [-0.39, 0.29) is 11.4 Å². The molecule has 0 saturated heterocycles. The first-order valence-electron chi connectivity index (χ1n) is 4.62. The molecule has 0 amide bonds. The number of benzene rings is 1. The molecule has 0 bridgehead atoms. The predicted octanol–water partition coefficient (Wildman–Crippen LogP) is 2.10. The van der Waals surface area contributed by atoms with Gasteiger partial charge in [0.2, 0.25) is 0 Å². The molecule has 90 valence electrons. The summed E-state index contributed by atoms with van der Waals surface area (Å²) in [7, 11) is -3.77. The van der Waals surface area contributed by atoms with E-state index >= 15 is 0 Å². The molecule has 3 nitrogen and oxygen atoms in total. The van der Waals surface area contributed by atoms with Crippen molar-refractivity contribution in [2.45, 2.75) is 23.5 Å². The van der Waals surface area contributed by atoms with Gasteiger partial charge in [-0.15, -0.1) is 0 Å². The smallest absolute Gasteiger partial charge is 0.187 e. The maximum atomic E-state index is 13.5. The first-order chi connectivity index (χ1) is 7.22. The highest BCUT2D eigenvalue weighted by Crippen LogP contribution is 2.28. The summed E-state index contributed by atoms with van der Waals surface area (Å²) in [4.78, 5) is -0.322. The molecule has 6 heteroatoms. The average Bonchev–Trinajstić information content (AvgIpc) is 2.21. The van der Waals surface area contributed by atoms with Gasteiger partial charge >= 0.3 is 0 Å². The van der Waals surface area contributed by atoms with Gasteiger partial charge in [-0.05, 0) is 32.0 Å². The second-order valence-electron chi connectivity index (χ2n) is 4.04. The van der Waals surface area contributed by atoms with E-state index in [2.05, 4.69) is 15.9 Å². The minimum atomic E-state index is -3.77. The van der Waals surface area contributed by atoms with Gasteiger partial charge in [0.05, 0.1) is 4.75 Å². The van der Waals surface area contributed by atoms with Crippen LogP contribution in [0.4, 0.5) is 4.39 Å². The van der Waals surface area contributed by atoms with E-state index < -0.39 is 20.4 Å². The quantitative estimate of drug-likeness (QED) is 0.930. The zero-order valence-electron chi connectivity index (χ0n) is 9.00. The monoisotopic (exact) mass is 309 g/mol. The lowest BCUT2D eigenvalue weighted by Crippen LogP contribution is -2.40. The molecule has 0 atom stereocenters. The minimum absolute atomic E-state index is 0.0682. The summed E-state index contributed by atoms with van der Waals surface area (Å²) in [5.41, 5.74) is 5.40. The summed E-state index contributed by atoms with van der Waals surface area (Å²) in [6.45, 7) is 2.88. The Balaban J connectivity index is 3.44. The third-order valence-corrected chi connectivity index (χ3v) is 5.41. The molecule has 0 unspecified atom stereocenters. The highest BCUT2D eigenvalue weighted by atomic mass is 79.9. The highest BCUT2D eigenvalue weighted by molar-refractivity contribution is 9.10. The van der Waals surface area contributed by atoms with Crippen LogP contribution in [0.3, 0.4) is 0 Å². The lowest BCUT2D eigenvalue weighted by atomic mass is 10.2.